The number of nitrogens with one attached hydrogen (secondary N) is 1. The lowest BCUT2D eigenvalue weighted by molar-refractivity contribution is 0.628. The topological polar surface area (TPSA) is 76.7 Å². The molecule has 0 amide bonds. The molecule has 3 aromatic rings. The molecule has 0 spiro atoms. The van der Waals surface area contributed by atoms with Gasteiger partial charge in [0, 0.05) is 36.3 Å². The van der Waals surface area contributed by atoms with E-state index in [1.165, 1.54) is 12.1 Å². The smallest absolute Gasteiger partial charge is 0.223 e. The Hall–Kier alpha value is -2.86. The summed E-state index contributed by atoms with van der Waals surface area (Å²) < 4.78 is 13.2. The molecule has 0 fully saturated rings. The molecular weight excluding hydrogens is 305 g/mol. The van der Waals surface area contributed by atoms with E-state index in [0.717, 1.165) is 28.8 Å². The van der Waals surface area contributed by atoms with Crippen LogP contribution in [0.1, 0.15) is 6.42 Å². The lowest BCUT2D eigenvalue weighted by atomic mass is 10.0. The van der Waals surface area contributed by atoms with Gasteiger partial charge in [-0.15, -0.1) is 0 Å². The van der Waals surface area contributed by atoms with E-state index in [9.17, 15) is 4.39 Å². The van der Waals surface area contributed by atoms with Crippen molar-refractivity contribution in [3.05, 3.63) is 60.8 Å². The average Bonchev–Trinajstić information content (AvgIpc) is 2.63. The fourth-order valence-electron chi connectivity index (χ4n) is 2.34. The van der Waals surface area contributed by atoms with Crippen LogP contribution in [0.4, 0.5) is 10.3 Å². The van der Waals surface area contributed by atoms with Gasteiger partial charge in [0.05, 0.1) is 5.69 Å². The summed E-state index contributed by atoms with van der Waals surface area (Å²) in [6, 6.07) is 10.1. The number of nitrogens with zero attached hydrogens (tertiary/aromatic N) is 3. The summed E-state index contributed by atoms with van der Waals surface area (Å²) >= 11 is 0. The van der Waals surface area contributed by atoms with Crippen LogP contribution < -0.4 is 11.1 Å². The van der Waals surface area contributed by atoms with Gasteiger partial charge in [0.2, 0.25) is 5.95 Å². The van der Waals surface area contributed by atoms with Gasteiger partial charge in [0.1, 0.15) is 5.82 Å². The lowest BCUT2D eigenvalue weighted by Crippen LogP contribution is -2.10. The second-order valence-corrected chi connectivity index (χ2v) is 5.27. The van der Waals surface area contributed by atoms with Crippen LogP contribution in [0.3, 0.4) is 0 Å². The quantitative estimate of drug-likeness (QED) is 0.682. The van der Waals surface area contributed by atoms with Crippen molar-refractivity contribution in [3.63, 3.8) is 0 Å². The van der Waals surface area contributed by atoms with Crippen molar-refractivity contribution in [2.24, 2.45) is 5.73 Å². The van der Waals surface area contributed by atoms with Crippen molar-refractivity contribution < 1.29 is 4.39 Å². The molecule has 3 rings (SSSR count). The average molecular weight is 323 g/mol. The third kappa shape index (κ3) is 3.72. The highest BCUT2D eigenvalue weighted by Gasteiger charge is 2.11. The number of aromatic nitrogens is 3. The SMILES string of the molecule is NCCCNc1ncc(-c2ccc(F)cc2)c(-c2ccncc2)n1. The zero-order valence-corrected chi connectivity index (χ0v) is 13.1. The Morgan fingerprint density at radius 1 is 1.00 bits per heavy atom. The number of anilines is 1. The fraction of sp³-hybridized carbons (Fsp3) is 0.167. The molecule has 1 aromatic carbocycles. The van der Waals surface area contributed by atoms with Crippen molar-refractivity contribution in [2.75, 3.05) is 18.4 Å². The van der Waals surface area contributed by atoms with Gasteiger partial charge in [0.25, 0.3) is 0 Å². The number of halogens is 1. The Balaban J connectivity index is 2.02. The Bertz CT molecular complexity index is 790. The van der Waals surface area contributed by atoms with Crippen LogP contribution in [0.5, 0.6) is 0 Å². The van der Waals surface area contributed by atoms with Gasteiger partial charge in [-0.05, 0) is 42.8 Å². The van der Waals surface area contributed by atoms with Crippen LogP contribution in [0.2, 0.25) is 0 Å². The Kier molecular flexibility index (Phi) is 5.08. The Morgan fingerprint density at radius 2 is 1.75 bits per heavy atom. The number of hydrogen-bond donors (Lipinski definition) is 2. The van der Waals surface area contributed by atoms with E-state index in [0.29, 0.717) is 19.0 Å². The minimum Gasteiger partial charge on any atom is -0.354 e. The molecule has 0 aliphatic rings. The Morgan fingerprint density at radius 3 is 2.46 bits per heavy atom. The van der Waals surface area contributed by atoms with Crippen molar-refractivity contribution in [1.29, 1.82) is 0 Å². The molecule has 5 nitrogen and oxygen atoms in total. The monoisotopic (exact) mass is 323 g/mol. The van der Waals surface area contributed by atoms with E-state index < -0.39 is 0 Å². The number of nitrogens with two attached hydrogens (primary N) is 1. The molecule has 0 unspecified atom stereocenters. The maximum Gasteiger partial charge on any atom is 0.223 e. The van der Waals surface area contributed by atoms with Gasteiger partial charge in [-0.3, -0.25) is 4.98 Å². The zero-order valence-electron chi connectivity index (χ0n) is 13.1. The van der Waals surface area contributed by atoms with Crippen LogP contribution in [-0.4, -0.2) is 28.0 Å². The molecule has 122 valence electrons. The summed E-state index contributed by atoms with van der Waals surface area (Å²) in [5.41, 5.74) is 8.90. The van der Waals surface area contributed by atoms with Crippen molar-refractivity contribution >= 4 is 5.95 Å². The first-order valence-corrected chi connectivity index (χ1v) is 7.75. The lowest BCUT2D eigenvalue weighted by Gasteiger charge is -2.11. The molecule has 2 heterocycles. The largest absolute Gasteiger partial charge is 0.354 e. The van der Waals surface area contributed by atoms with Gasteiger partial charge in [-0.25, -0.2) is 14.4 Å². The molecule has 0 radical (unpaired) electrons. The van der Waals surface area contributed by atoms with Crippen LogP contribution in [0.15, 0.2) is 55.0 Å². The first kappa shape index (κ1) is 16.0. The van der Waals surface area contributed by atoms with Gasteiger partial charge < -0.3 is 11.1 Å². The molecule has 2 aromatic heterocycles. The van der Waals surface area contributed by atoms with E-state index in [-0.39, 0.29) is 5.82 Å². The molecule has 0 aliphatic carbocycles. The number of rotatable bonds is 6. The normalized spacial score (nSPS) is 10.6. The summed E-state index contributed by atoms with van der Waals surface area (Å²) in [5.74, 6) is 0.270. The minimum absolute atomic E-state index is 0.273. The van der Waals surface area contributed by atoms with Gasteiger partial charge in [0.15, 0.2) is 0 Å². The summed E-state index contributed by atoms with van der Waals surface area (Å²) in [4.78, 5) is 13.0. The maximum absolute atomic E-state index is 13.2. The molecule has 0 aliphatic heterocycles. The molecule has 0 bridgehead atoms. The van der Waals surface area contributed by atoms with E-state index in [2.05, 4.69) is 20.3 Å². The number of pyridine rings is 1. The summed E-state index contributed by atoms with van der Waals surface area (Å²) in [6.07, 6.45) is 6.02. The van der Waals surface area contributed by atoms with Gasteiger partial charge in [-0.2, -0.15) is 0 Å². The molecule has 0 saturated heterocycles. The molecule has 0 saturated carbocycles. The molecular formula is C18H18FN5. The molecule has 3 N–H and O–H groups in total. The fourth-order valence-corrected chi connectivity index (χ4v) is 2.34. The van der Waals surface area contributed by atoms with E-state index in [4.69, 9.17) is 5.73 Å². The highest BCUT2D eigenvalue weighted by Crippen LogP contribution is 2.30. The predicted octanol–water partition coefficient (Wildman–Crippen LogP) is 3.11. The van der Waals surface area contributed by atoms with Crippen molar-refractivity contribution in [1.82, 2.24) is 15.0 Å². The van der Waals surface area contributed by atoms with Crippen LogP contribution in [0.25, 0.3) is 22.4 Å². The zero-order chi connectivity index (χ0) is 16.8. The highest BCUT2D eigenvalue weighted by atomic mass is 19.1. The second-order valence-electron chi connectivity index (χ2n) is 5.27. The highest BCUT2D eigenvalue weighted by molar-refractivity contribution is 5.80. The minimum atomic E-state index is -0.273. The maximum atomic E-state index is 13.2. The van der Waals surface area contributed by atoms with E-state index in [1.54, 1.807) is 30.7 Å². The summed E-state index contributed by atoms with van der Waals surface area (Å²) in [5, 5.41) is 3.17. The summed E-state index contributed by atoms with van der Waals surface area (Å²) in [7, 11) is 0. The van der Waals surface area contributed by atoms with E-state index >= 15 is 0 Å². The van der Waals surface area contributed by atoms with Gasteiger partial charge >= 0.3 is 0 Å². The van der Waals surface area contributed by atoms with Crippen LogP contribution in [0, 0.1) is 5.82 Å². The summed E-state index contributed by atoms with van der Waals surface area (Å²) in [6.45, 7) is 1.32. The van der Waals surface area contributed by atoms with Crippen LogP contribution in [-0.2, 0) is 0 Å². The number of hydrogen-bond acceptors (Lipinski definition) is 5. The first-order valence-electron chi connectivity index (χ1n) is 7.75. The standard InChI is InChI=1S/C18H18FN5/c19-15-4-2-13(3-5-15)16-12-23-18(22-9-1-8-20)24-17(16)14-6-10-21-11-7-14/h2-7,10-12H,1,8-9,20H2,(H,22,23,24). The molecule has 6 heteroatoms. The molecule has 0 atom stereocenters. The van der Waals surface area contributed by atoms with Crippen molar-refractivity contribution in [2.45, 2.75) is 6.42 Å². The van der Waals surface area contributed by atoms with Gasteiger partial charge in [-0.1, -0.05) is 12.1 Å². The predicted molar refractivity (Wildman–Crippen MR) is 92.8 cm³/mol. The van der Waals surface area contributed by atoms with Crippen molar-refractivity contribution in [3.8, 4) is 22.4 Å². The third-order valence-electron chi connectivity index (χ3n) is 3.56. The first-order chi connectivity index (χ1) is 11.8. The Labute approximate surface area is 139 Å². The van der Waals surface area contributed by atoms with Crippen LogP contribution >= 0.6 is 0 Å². The van der Waals surface area contributed by atoms with E-state index in [1.807, 2.05) is 12.1 Å². The number of benzene rings is 1. The molecule has 24 heavy (non-hydrogen) atoms. The third-order valence-corrected chi connectivity index (χ3v) is 3.56. The second kappa shape index (κ2) is 7.61.